The Morgan fingerprint density at radius 1 is 0.829 bits per heavy atom. The summed E-state index contributed by atoms with van der Waals surface area (Å²) in [6.07, 6.45) is 3.91. The van der Waals surface area contributed by atoms with Crippen LogP contribution in [-0.2, 0) is 30.6 Å². The van der Waals surface area contributed by atoms with Gasteiger partial charge in [0.2, 0.25) is 0 Å². The fourth-order valence-corrected chi connectivity index (χ4v) is 4.30. The molecule has 1 unspecified atom stereocenters. The Balaban J connectivity index is 0. The standard InChI is InChI=1S/C12H10Si.C9H7.C8H17NO.2ClH.Hf/c1-3-7-11(8-4-1)13-12-9-5-2-6-10-12;1-2-5-9-7-3-6-8(9)4-1;1-3-5-6-7(4-2)8(9)10;;;/h1-10H;1-7H;7H,3-6H2,1-2H3,(H2,9,10);2*1H;/q;-1;;;;+4/p-3. The minimum Gasteiger partial charge on any atom is -1.00 e. The van der Waals surface area contributed by atoms with E-state index in [1.807, 2.05) is 6.92 Å². The average Bonchev–Trinajstić information content (AvgIpc) is 3.31. The maximum Gasteiger partial charge on any atom is 4.00 e. The first-order chi connectivity index (χ1) is 15.6. The summed E-state index contributed by atoms with van der Waals surface area (Å²) >= 11 is 0. The summed E-state index contributed by atoms with van der Waals surface area (Å²) < 4.78 is 0. The Hall–Kier alpha value is -1.59. The number of carbonyl (C=O) groups is 1. The largest absolute Gasteiger partial charge is 4.00 e. The molecule has 0 saturated heterocycles. The zero-order valence-electron chi connectivity index (χ0n) is 20.4. The molecule has 4 rings (SSSR count). The number of benzene rings is 3. The van der Waals surface area contributed by atoms with E-state index in [9.17, 15) is 4.79 Å². The first-order valence-electron chi connectivity index (χ1n) is 11.4. The van der Waals surface area contributed by atoms with Crippen LogP contribution in [0.4, 0.5) is 0 Å². The number of rotatable bonds is 7. The molecule has 4 aromatic carbocycles. The van der Waals surface area contributed by atoms with Crippen LogP contribution in [0.15, 0.2) is 103 Å². The molecule has 1 N–H and O–H groups in total. The van der Waals surface area contributed by atoms with E-state index in [0.717, 1.165) is 35.2 Å². The van der Waals surface area contributed by atoms with Gasteiger partial charge in [-0.2, -0.15) is 17.5 Å². The van der Waals surface area contributed by atoms with Crippen LogP contribution >= 0.6 is 0 Å². The predicted octanol–water partition coefficient (Wildman–Crippen LogP) is 0.687. The molecule has 0 aliphatic carbocycles. The van der Waals surface area contributed by atoms with Gasteiger partial charge in [0.15, 0.2) is 0 Å². The topological polar surface area (TPSA) is 40.9 Å². The molecule has 0 bridgehead atoms. The molecule has 6 heteroatoms. The van der Waals surface area contributed by atoms with Crippen LogP contribution in [0, 0.1) is 5.92 Å². The number of carbonyl (C=O) groups excluding carboxylic acids is 1. The Bertz CT molecular complexity index is 961. The van der Waals surface area contributed by atoms with Crippen molar-refractivity contribution in [2.75, 3.05) is 0 Å². The third-order valence-corrected chi connectivity index (χ3v) is 6.40. The van der Waals surface area contributed by atoms with Gasteiger partial charge < -0.3 is 35.3 Å². The smallest absolute Gasteiger partial charge is 1.00 e. The minimum atomic E-state index is -0.393. The number of hydrogen-bond donors (Lipinski definition) is 0. The molecule has 1 atom stereocenters. The van der Waals surface area contributed by atoms with Gasteiger partial charge in [-0.15, -0.1) is 29.7 Å². The Morgan fingerprint density at radius 3 is 1.80 bits per heavy atom. The van der Waals surface area contributed by atoms with Gasteiger partial charge in [-0.3, -0.25) is 0 Å². The summed E-state index contributed by atoms with van der Waals surface area (Å²) in [4.78, 5) is 10.5. The van der Waals surface area contributed by atoms with Gasteiger partial charge >= 0.3 is 25.8 Å². The number of halogens is 2. The fraction of sp³-hybridized carbons (Fsp3) is 0.241. The van der Waals surface area contributed by atoms with Crippen LogP contribution in [0.2, 0.25) is 0 Å². The number of unbranched alkanes of at least 4 members (excludes halogenated alkanes) is 1. The van der Waals surface area contributed by atoms with Gasteiger partial charge in [-0.05, 0) is 18.8 Å². The van der Waals surface area contributed by atoms with E-state index in [1.54, 1.807) is 0 Å². The van der Waals surface area contributed by atoms with Crippen molar-refractivity contribution in [1.82, 2.24) is 0 Å². The number of hydrogen-bond acceptors (Lipinski definition) is 1. The third-order valence-electron chi connectivity index (χ3n) is 5.15. The van der Waals surface area contributed by atoms with E-state index in [0.29, 0.717) is 0 Å². The van der Waals surface area contributed by atoms with Crippen molar-refractivity contribution in [3.63, 3.8) is 0 Å². The molecule has 0 aliphatic heterocycles. The molecule has 35 heavy (non-hydrogen) atoms. The van der Waals surface area contributed by atoms with E-state index in [2.05, 4.69) is 110 Å². The van der Waals surface area contributed by atoms with Crippen molar-refractivity contribution < 1.29 is 55.5 Å². The molecule has 0 spiro atoms. The van der Waals surface area contributed by atoms with E-state index in [4.69, 9.17) is 5.73 Å². The minimum absolute atomic E-state index is 0. The van der Waals surface area contributed by atoms with E-state index < -0.39 is 5.91 Å². The molecule has 0 aliphatic rings. The first-order valence-corrected chi connectivity index (χ1v) is 12.4. The maximum atomic E-state index is 10.5. The summed E-state index contributed by atoms with van der Waals surface area (Å²) in [6, 6.07) is 35.8. The maximum absolute atomic E-state index is 10.5. The summed E-state index contributed by atoms with van der Waals surface area (Å²) in [5.41, 5.74) is 6.87. The Labute approximate surface area is 244 Å². The molecule has 0 heterocycles. The van der Waals surface area contributed by atoms with Crippen LogP contribution < -0.4 is 35.2 Å². The molecule has 0 fully saturated rings. The zero-order chi connectivity index (χ0) is 23.0. The molecule has 0 saturated carbocycles. The fourth-order valence-electron chi connectivity index (χ4n) is 3.25. The van der Waals surface area contributed by atoms with Crippen molar-refractivity contribution in [2.24, 2.45) is 5.92 Å². The van der Waals surface area contributed by atoms with Gasteiger partial charge in [0.05, 0.1) is 5.91 Å². The van der Waals surface area contributed by atoms with E-state index in [1.165, 1.54) is 21.1 Å². The van der Waals surface area contributed by atoms with Gasteiger partial charge in [-0.1, -0.05) is 104 Å². The molecular weight excluding hydrogens is 656 g/mol. The monoisotopic (exact) mass is 689 g/mol. The number of amides is 1. The van der Waals surface area contributed by atoms with Crippen molar-refractivity contribution in [1.29, 1.82) is 0 Å². The SMILES string of the molecule is CCCCC(CC)C([NH-])=O.[Cl-].[Cl-].[Hf+4].c1ccc([Si]c2ccccc2)cc1.c1ccc2[cH-]ccc2c1. The number of fused-ring (bicyclic) bond motifs is 1. The first kappa shape index (κ1) is 35.6. The molecule has 2 nitrogen and oxygen atoms in total. The summed E-state index contributed by atoms with van der Waals surface area (Å²) in [5.74, 6) is -0.393. The van der Waals surface area contributed by atoms with Gasteiger partial charge in [0.25, 0.3) is 0 Å². The number of nitrogens with one attached hydrogen (secondary N) is 1. The van der Waals surface area contributed by atoms with Crippen molar-refractivity contribution in [3.8, 4) is 0 Å². The normalized spacial score (nSPS) is 10.0. The van der Waals surface area contributed by atoms with Crippen LogP contribution in [0.25, 0.3) is 16.5 Å². The molecule has 4 aromatic rings. The second-order valence-corrected chi connectivity index (χ2v) is 9.03. The Kier molecular flexibility index (Phi) is 22.0. The van der Waals surface area contributed by atoms with Crippen molar-refractivity contribution in [2.45, 2.75) is 39.5 Å². The van der Waals surface area contributed by atoms with Crippen molar-refractivity contribution >= 4 is 36.6 Å². The van der Waals surface area contributed by atoms with Crippen LogP contribution in [0.5, 0.6) is 0 Å². The molecule has 1 amide bonds. The summed E-state index contributed by atoms with van der Waals surface area (Å²) in [5, 5.41) is 5.46. The molecule has 0 aromatic heterocycles. The second kappa shape index (κ2) is 21.7. The van der Waals surface area contributed by atoms with E-state index in [-0.39, 0.29) is 56.6 Å². The van der Waals surface area contributed by atoms with Gasteiger partial charge in [-0.25, -0.2) is 0 Å². The zero-order valence-corrected chi connectivity index (χ0v) is 26.5. The molecular formula is C29H33Cl2HfNOSi. The van der Waals surface area contributed by atoms with Gasteiger partial charge in [0.1, 0.15) is 9.52 Å². The molecule has 2 radical (unpaired) electrons. The summed E-state index contributed by atoms with van der Waals surface area (Å²) in [6.45, 7) is 4.06. The van der Waals surface area contributed by atoms with E-state index >= 15 is 0 Å². The quantitative estimate of drug-likeness (QED) is 0.208. The second-order valence-electron chi connectivity index (χ2n) is 7.62. The predicted molar refractivity (Wildman–Crippen MR) is 140 cm³/mol. The molecule has 182 valence electrons. The van der Waals surface area contributed by atoms with Crippen LogP contribution in [-0.4, -0.2) is 15.4 Å². The average molecular weight is 689 g/mol. The van der Waals surface area contributed by atoms with Crippen molar-refractivity contribution in [3.05, 3.63) is 109 Å². The summed E-state index contributed by atoms with van der Waals surface area (Å²) in [7, 11) is 0.777. The van der Waals surface area contributed by atoms with Crippen LogP contribution in [0.3, 0.4) is 0 Å². The third kappa shape index (κ3) is 14.5. The van der Waals surface area contributed by atoms with Gasteiger partial charge in [0, 0.05) is 0 Å². The Morgan fingerprint density at radius 2 is 1.34 bits per heavy atom. The van der Waals surface area contributed by atoms with Crippen LogP contribution in [0.1, 0.15) is 39.5 Å².